The summed E-state index contributed by atoms with van der Waals surface area (Å²) >= 11 is 0. The van der Waals surface area contributed by atoms with E-state index in [1.54, 1.807) is 7.11 Å². The van der Waals surface area contributed by atoms with Gasteiger partial charge in [-0.05, 0) is 30.7 Å². The second-order valence-electron chi connectivity index (χ2n) is 6.84. The molecule has 1 saturated heterocycles. The fourth-order valence-electron chi connectivity index (χ4n) is 3.66. The average Bonchev–Trinajstić information content (AvgIpc) is 3.11. The van der Waals surface area contributed by atoms with Crippen LogP contribution < -0.4 is 4.74 Å². The number of benzene rings is 2. The number of nitrogens with zero attached hydrogens (tertiary/aromatic N) is 2. The molecular weight excluding hydrogens is 352 g/mol. The van der Waals surface area contributed by atoms with Crippen molar-refractivity contribution in [2.75, 3.05) is 33.4 Å². The minimum absolute atomic E-state index is 0.0552. The van der Waals surface area contributed by atoms with Crippen LogP contribution in [0.25, 0.3) is 16.9 Å². The molecule has 0 bridgehead atoms. The molecule has 0 spiro atoms. The molecule has 3 aromatic rings. The highest BCUT2D eigenvalue weighted by Gasteiger charge is 2.25. The van der Waals surface area contributed by atoms with Crippen molar-refractivity contribution in [1.82, 2.24) is 9.47 Å². The summed E-state index contributed by atoms with van der Waals surface area (Å²) in [6.45, 7) is 4.44. The zero-order chi connectivity index (χ0) is 19.5. The highest BCUT2D eigenvalue weighted by Crippen LogP contribution is 2.31. The predicted octanol–water partition coefficient (Wildman–Crippen LogP) is 3.93. The van der Waals surface area contributed by atoms with Crippen LogP contribution in [0.5, 0.6) is 5.75 Å². The highest BCUT2D eigenvalue weighted by atomic mass is 16.5. The first kappa shape index (κ1) is 18.3. The molecule has 2 heterocycles. The van der Waals surface area contributed by atoms with Crippen molar-refractivity contribution in [1.29, 1.82) is 0 Å². The third kappa shape index (κ3) is 3.41. The SMILES string of the molecule is COc1cccc(-n2c(-c3ccccc3)cc(C(=O)N3CCOCC3)c2C)c1. The topological polar surface area (TPSA) is 43.7 Å². The Balaban J connectivity index is 1.85. The van der Waals surface area contributed by atoms with E-state index < -0.39 is 0 Å². The van der Waals surface area contributed by atoms with Gasteiger partial charge in [-0.2, -0.15) is 0 Å². The molecule has 0 saturated carbocycles. The van der Waals surface area contributed by atoms with Crippen LogP contribution >= 0.6 is 0 Å². The lowest BCUT2D eigenvalue weighted by Gasteiger charge is -2.26. The molecular formula is C23H24N2O3. The van der Waals surface area contributed by atoms with Crippen LogP contribution in [0.2, 0.25) is 0 Å². The summed E-state index contributed by atoms with van der Waals surface area (Å²) in [7, 11) is 1.66. The normalized spacial score (nSPS) is 14.1. The number of ether oxygens (including phenoxy) is 2. The van der Waals surface area contributed by atoms with E-state index in [1.807, 2.05) is 60.4 Å². The summed E-state index contributed by atoms with van der Waals surface area (Å²) in [5, 5.41) is 0. The van der Waals surface area contributed by atoms with E-state index in [0.717, 1.165) is 34.0 Å². The molecule has 5 heteroatoms. The molecule has 0 N–H and O–H groups in total. The van der Waals surface area contributed by atoms with Gasteiger partial charge in [-0.1, -0.05) is 36.4 Å². The number of carbonyl (C=O) groups is 1. The highest BCUT2D eigenvalue weighted by molar-refractivity contribution is 5.97. The van der Waals surface area contributed by atoms with Gasteiger partial charge in [0.2, 0.25) is 0 Å². The van der Waals surface area contributed by atoms with Gasteiger partial charge in [0.25, 0.3) is 5.91 Å². The summed E-state index contributed by atoms with van der Waals surface area (Å²) in [5.74, 6) is 0.838. The molecule has 2 aromatic carbocycles. The lowest BCUT2D eigenvalue weighted by molar-refractivity contribution is 0.0302. The van der Waals surface area contributed by atoms with Crippen molar-refractivity contribution >= 4 is 5.91 Å². The Morgan fingerprint density at radius 2 is 1.75 bits per heavy atom. The van der Waals surface area contributed by atoms with Gasteiger partial charge in [-0.15, -0.1) is 0 Å². The fourth-order valence-corrected chi connectivity index (χ4v) is 3.66. The molecule has 1 fully saturated rings. The standard InChI is InChI=1S/C23H24N2O3/c1-17-21(23(26)24-11-13-28-14-12-24)16-22(18-7-4-3-5-8-18)25(17)19-9-6-10-20(15-19)27-2/h3-10,15-16H,11-14H2,1-2H3. The number of methoxy groups -OCH3 is 1. The van der Waals surface area contributed by atoms with Gasteiger partial charge in [0.1, 0.15) is 5.75 Å². The first-order chi connectivity index (χ1) is 13.7. The third-order valence-electron chi connectivity index (χ3n) is 5.16. The van der Waals surface area contributed by atoms with Gasteiger partial charge in [0, 0.05) is 30.5 Å². The van der Waals surface area contributed by atoms with Crippen LogP contribution in [0.3, 0.4) is 0 Å². The first-order valence-electron chi connectivity index (χ1n) is 9.48. The number of rotatable bonds is 4. The molecule has 4 rings (SSSR count). The molecule has 0 aliphatic carbocycles. The minimum atomic E-state index is 0.0552. The van der Waals surface area contributed by atoms with Crippen molar-refractivity contribution in [2.24, 2.45) is 0 Å². The average molecular weight is 376 g/mol. The van der Waals surface area contributed by atoms with Crippen LogP contribution in [0.1, 0.15) is 16.1 Å². The van der Waals surface area contributed by atoms with Crippen LogP contribution in [0, 0.1) is 6.92 Å². The zero-order valence-electron chi connectivity index (χ0n) is 16.2. The Morgan fingerprint density at radius 1 is 1.00 bits per heavy atom. The summed E-state index contributed by atoms with van der Waals surface area (Å²) < 4.78 is 12.9. The molecule has 28 heavy (non-hydrogen) atoms. The fraction of sp³-hybridized carbons (Fsp3) is 0.261. The molecule has 1 aromatic heterocycles. The van der Waals surface area contributed by atoms with Crippen LogP contribution in [0.15, 0.2) is 60.7 Å². The van der Waals surface area contributed by atoms with Gasteiger partial charge < -0.3 is 18.9 Å². The maximum Gasteiger partial charge on any atom is 0.255 e. The Labute approximate surface area is 165 Å². The summed E-state index contributed by atoms with van der Waals surface area (Å²) in [5.41, 5.74) is 4.67. The van der Waals surface area contributed by atoms with E-state index in [4.69, 9.17) is 9.47 Å². The number of aromatic nitrogens is 1. The monoisotopic (exact) mass is 376 g/mol. The quantitative estimate of drug-likeness (QED) is 0.693. The van der Waals surface area contributed by atoms with Crippen molar-refractivity contribution in [2.45, 2.75) is 6.92 Å². The number of amides is 1. The zero-order valence-corrected chi connectivity index (χ0v) is 16.2. The van der Waals surface area contributed by atoms with Crippen LogP contribution in [0.4, 0.5) is 0 Å². The van der Waals surface area contributed by atoms with Gasteiger partial charge in [-0.3, -0.25) is 4.79 Å². The summed E-state index contributed by atoms with van der Waals surface area (Å²) in [4.78, 5) is 15.1. The minimum Gasteiger partial charge on any atom is -0.497 e. The van der Waals surface area contributed by atoms with E-state index in [1.165, 1.54) is 0 Å². The molecule has 0 unspecified atom stereocenters. The van der Waals surface area contributed by atoms with Crippen molar-refractivity contribution < 1.29 is 14.3 Å². The molecule has 1 aliphatic heterocycles. The Morgan fingerprint density at radius 3 is 2.46 bits per heavy atom. The largest absolute Gasteiger partial charge is 0.497 e. The maximum absolute atomic E-state index is 13.2. The smallest absolute Gasteiger partial charge is 0.255 e. The van der Waals surface area contributed by atoms with Gasteiger partial charge in [0.15, 0.2) is 0 Å². The molecule has 144 valence electrons. The molecule has 1 aliphatic rings. The predicted molar refractivity (Wildman–Crippen MR) is 109 cm³/mol. The van der Waals surface area contributed by atoms with Gasteiger partial charge in [0.05, 0.1) is 31.6 Å². The number of morpholine rings is 1. The van der Waals surface area contributed by atoms with E-state index in [9.17, 15) is 4.79 Å². The number of hydrogen-bond acceptors (Lipinski definition) is 3. The number of hydrogen-bond donors (Lipinski definition) is 0. The Kier molecular flexibility index (Phi) is 5.17. The van der Waals surface area contributed by atoms with E-state index in [-0.39, 0.29) is 5.91 Å². The lowest BCUT2D eigenvalue weighted by Crippen LogP contribution is -2.40. The summed E-state index contributed by atoms with van der Waals surface area (Å²) in [6, 6.07) is 20.1. The van der Waals surface area contributed by atoms with Gasteiger partial charge >= 0.3 is 0 Å². The third-order valence-corrected chi connectivity index (χ3v) is 5.16. The van der Waals surface area contributed by atoms with E-state index in [2.05, 4.69) is 16.7 Å². The second-order valence-corrected chi connectivity index (χ2v) is 6.84. The second kappa shape index (κ2) is 7.90. The lowest BCUT2D eigenvalue weighted by atomic mass is 10.1. The van der Waals surface area contributed by atoms with Crippen LogP contribution in [-0.2, 0) is 4.74 Å². The van der Waals surface area contributed by atoms with Crippen molar-refractivity contribution in [3.8, 4) is 22.7 Å². The molecule has 5 nitrogen and oxygen atoms in total. The Hall–Kier alpha value is -3.05. The van der Waals surface area contributed by atoms with Gasteiger partial charge in [-0.25, -0.2) is 0 Å². The van der Waals surface area contributed by atoms with Crippen molar-refractivity contribution in [3.05, 3.63) is 71.9 Å². The summed E-state index contributed by atoms with van der Waals surface area (Å²) in [6.07, 6.45) is 0. The Bertz CT molecular complexity index is 973. The number of carbonyl (C=O) groups excluding carboxylic acids is 1. The molecule has 1 amide bonds. The maximum atomic E-state index is 13.2. The van der Waals surface area contributed by atoms with E-state index in [0.29, 0.717) is 26.3 Å². The molecule has 0 radical (unpaired) electrons. The molecule has 0 atom stereocenters. The van der Waals surface area contributed by atoms with Crippen molar-refractivity contribution in [3.63, 3.8) is 0 Å². The first-order valence-corrected chi connectivity index (χ1v) is 9.48. The van der Waals surface area contributed by atoms with Crippen LogP contribution in [-0.4, -0.2) is 48.8 Å². The van der Waals surface area contributed by atoms with E-state index >= 15 is 0 Å².